The highest BCUT2D eigenvalue weighted by Gasteiger charge is 2.44. The number of carbonyl (C=O) groups is 1. The minimum Gasteiger partial charge on any atom is -0.444 e. The number of alkyl halides is 3. The van der Waals surface area contributed by atoms with Gasteiger partial charge in [-0.1, -0.05) is 5.92 Å². The lowest BCUT2D eigenvalue weighted by Gasteiger charge is -2.39. The number of nitrogens with one attached hydrogen (secondary N) is 1. The van der Waals surface area contributed by atoms with E-state index in [-0.39, 0.29) is 30.3 Å². The van der Waals surface area contributed by atoms with Crippen LogP contribution in [0.4, 0.5) is 29.5 Å². The second-order valence-corrected chi connectivity index (χ2v) is 13.9. The molecule has 1 unspecified atom stereocenters. The molecule has 2 aromatic rings. The SMILES string of the molecule is CC#C[C@H]1CN(S(=O)(=O)c2ccc(NC(=O)OC(C)(C)C)nc2)CCN1c1ccc(S(=O)(=NC)C(F)(F)F)cc1. The molecule has 1 saturated heterocycles. The Kier molecular flexibility index (Phi) is 9.07. The summed E-state index contributed by atoms with van der Waals surface area (Å²) in [6, 6.07) is 7.05. The largest absolute Gasteiger partial charge is 0.483 e. The van der Waals surface area contributed by atoms with Crippen molar-refractivity contribution in [3.05, 3.63) is 42.6 Å². The summed E-state index contributed by atoms with van der Waals surface area (Å²) in [5, 5.41) is 2.44. The number of rotatable bonds is 5. The first-order valence-electron chi connectivity index (χ1n) is 12.0. The molecular weight excluding hydrogens is 571 g/mol. The van der Waals surface area contributed by atoms with Gasteiger partial charge in [0.15, 0.2) is 9.73 Å². The third kappa shape index (κ3) is 6.86. The average Bonchev–Trinajstić information content (AvgIpc) is 2.87. The van der Waals surface area contributed by atoms with Crippen LogP contribution < -0.4 is 10.2 Å². The van der Waals surface area contributed by atoms with Gasteiger partial charge in [-0.15, -0.1) is 5.92 Å². The quantitative estimate of drug-likeness (QED) is 0.507. The van der Waals surface area contributed by atoms with E-state index >= 15 is 0 Å². The number of sulfonamides is 1. The van der Waals surface area contributed by atoms with E-state index in [0.29, 0.717) is 5.69 Å². The summed E-state index contributed by atoms with van der Waals surface area (Å²) in [6.07, 6.45) is 0.399. The van der Waals surface area contributed by atoms with Crippen molar-refractivity contribution in [1.29, 1.82) is 0 Å². The first-order valence-corrected chi connectivity index (χ1v) is 14.9. The van der Waals surface area contributed by atoms with Crippen LogP contribution in [0, 0.1) is 11.8 Å². The minimum absolute atomic E-state index is 0.0214. The molecule has 1 aliphatic rings. The molecule has 2 heterocycles. The van der Waals surface area contributed by atoms with E-state index in [1.807, 2.05) is 0 Å². The van der Waals surface area contributed by atoms with Gasteiger partial charge in [-0.2, -0.15) is 17.5 Å². The molecule has 1 N–H and O–H groups in total. The molecule has 218 valence electrons. The zero-order valence-electron chi connectivity index (χ0n) is 22.5. The molecule has 15 heteroatoms. The van der Waals surface area contributed by atoms with E-state index in [1.54, 1.807) is 32.6 Å². The highest BCUT2D eigenvalue weighted by Crippen LogP contribution is 2.34. The number of amides is 1. The Labute approximate surface area is 232 Å². The van der Waals surface area contributed by atoms with Gasteiger partial charge in [0.05, 0.1) is 4.90 Å². The van der Waals surface area contributed by atoms with Gasteiger partial charge in [0.25, 0.3) is 0 Å². The number of hydrogen-bond acceptors (Lipinski definition) is 8. The van der Waals surface area contributed by atoms with E-state index in [4.69, 9.17) is 4.74 Å². The normalized spacial score (nSPS) is 18.2. The Balaban J connectivity index is 1.78. The number of piperazine rings is 1. The van der Waals surface area contributed by atoms with Crippen LogP contribution in [-0.2, 0) is 24.5 Å². The average molecular weight is 602 g/mol. The third-order valence-electron chi connectivity index (χ3n) is 5.72. The van der Waals surface area contributed by atoms with Crippen molar-refractivity contribution in [3.8, 4) is 11.8 Å². The summed E-state index contributed by atoms with van der Waals surface area (Å²) < 4.78 is 88.7. The number of hydrogen-bond donors (Lipinski definition) is 1. The van der Waals surface area contributed by atoms with Gasteiger partial charge in [0.1, 0.15) is 22.4 Å². The Morgan fingerprint density at radius 1 is 1.07 bits per heavy atom. The lowest BCUT2D eigenvalue weighted by atomic mass is 10.1. The van der Waals surface area contributed by atoms with Crippen molar-refractivity contribution < 1.29 is 35.3 Å². The maximum Gasteiger partial charge on any atom is 0.483 e. The molecule has 2 atom stereocenters. The monoisotopic (exact) mass is 601 g/mol. The number of anilines is 2. The summed E-state index contributed by atoms with van der Waals surface area (Å²) in [6.45, 7) is 6.94. The molecule has 1 aromatic carbocycles. The standard InChI is InChI=1S/C25H30F3N5O5S2/c1-6-7-19-17-32(40(36,37)21-12-13-22(30-16-21)31-23(34)38-24(2,3)4)14-15-33(19)18-8-10-20(11-9-18)39(35,29-5)25(26,27)28/h8-13,16,19H,14-15,17H2,1-5H3,(H,30,31,34)/t19-,39?/m0/s1. The Bertz CT molecular complexity index is 1520. The van der Waals surface area contributed by atoms with Gasteiger partial charge in [-0.25, -0.2) is 26.8 Å². The maximum absolute atomic E-state index is 13.4. The zero-order chi connectivity index (χ0) is 29.9. The van der Waals surface area contributed by atoms with Gasteiger partial charge in [0, 0.05) is 38.6 Å². The minimum atomic E-state index is -5.03. The van der Waals surface area contributed by atoms with E-state index in [2.05, 4.69) is 26.5 Å². The molecule has 0 spiro atoms. The maximum atomic E-state index is 13.4. The third-order valence-corrected chi connectivity index (χ3v) is 9.62. The Hall–Kier alpha value is -3.35. The molecular formula is C25H30F3N5O5S2. The first kappa shape index (κ1) is 31.2. The highest BCUT2D eigenvalue weighted by atomic mass is 32.2. The molecule has 10 nitrogen and oxygen atoms in total. The molecule has 1 amide bonds. The summed E-state index contributed by atoms with van der Waals surface area (Å²) in [5.74, 6) is 5.83. The highest BCUT2D eigenvalue weighted by molar-refractivity contribution is 7.94. The predicted molar refractivity (Wildman–Crippen MR) is 145 cm³/mol. The summed E-state index contributed by atoms with van der Waals surface area (Å²) in [5.41, 5.74) is -5.25. The van der Waals surface area contributed by atoms with Crippen LogP contribution in [0.5, 0.6) is 0 Å². The van der Waals surface area contributed by atoms with Crippen LogP contribution in [0.1, 0.15) is 27.7 Å². The molecule has 40 heavy (non-hydrogen) atoms. The van der Waals surface area contributed by atoms with E-state index < -0.39 is 47.9 Å². The van der Waals surface area contributed by atoms with Crippen molar-refractivity contribution in [2.45, 2.75) is 54.6 Å². The molecule has 1 aliphatic heterocycles. The lowest BCUT2D eigenvalue weighted by molar-refractivity contribution is -0.0403. The lowest BCUT2D eigenvalue weighted by Crippen LogP contribution is -2.54. The van der Waals surface area contributed by atoms with Gasteiger partial charge < -0.3 is 9.64 Å². The molecule has 0 bridgehead atoms. The van der Waals surface area contributed by atoms with Crippen LogP contribution in [0.2, 0.25) is 0 Å². The van der Waals surface area contributed by atoms with Gasteiger partial charge in [0.2, 0.25) is 10.0 Å². The Morgan fingerprint density at radius 3 is 2.20 bits per heavy atom. The number of pyridine rings is 1. The molecule has 0 radical (unpaired) electrons. The van der Waals surface area contributed by atoms with Crippen LogP contribution >= 0.6 is 0 Å². The number of carbonyl (C=O) groups excluding carboxylic acids is 1. The Morgan fingerprint density at radius 2 is 1.70 bits per heavy atom. The fourth-order valence-corrected chi connectivity index (χ4v) is 6.48. The van der Waals surface area contributed by atoms with E-state index in [1.165, 1.54) is 28.6 Å². The van der Waals surface area contributed by atoms with Crippen LogP contribution in [0.15, 0.2) is 56.7 Å². The number of benzene rings is 1. The van der Waals surface area contributed by atoms with Crippen molar-refractivity contribution in [2.75, 3.05) is 36.9 Å². The van der Waals surface area contributed by atoms with E-state index in [0.717, 1.165) is 25.4 Å². The van der Waals surface area contributed by atoms with Crippen molar-refractivity contribution >= 4 is 37.4 Å². The molecule has 0 saturated carbocycles. The second-order valence-electron chi connectivity index (χ2n) is 9.62. The van der Waals surface area contributed by atoms with Gasteiger partial charge in [-0.3, -0.25) is 5.32 Å². The van der Waals surface area contributed by atoms with Crippen LogP contribution in [-0.4, -0.2) is 71.8 Å². The smallest absolute Gasteiger partial charge is 0.444 e. The second kappa shape index (κ2) is 11.6. The van der Waals surface area contributed by atoms with Crippen LogP contribution in [0.25, 0.3) is 0 Å². The van der Waals surface area contributed by atoms with Crippen molar-refractivity contribution in [2.24, 2.45) is 4.36 Å². The number of nitrogens with zero attached hydrogens (tertiary/aromatic N) is 4. The molecule has 0 aliphatic carbocycles. The first-order chi connectivity index (χ1) is 18.5. The molecule has 1 fully saturated rings. The van der Waals surface area contributed by atoms with Gasteiger partial charge in [-0.05, 0) is 64.1 Å². The summed E-state index contributed by atoms with van der Waals surface area (Å²) >= 11 is 0. The summed E-state index contributed by atoms with van der Waals surface area (Å²) in [7, 11) is -7.74. The van der Waals surface area contributed by atoms with Crippen LogP contribution in [0.3, 0.4) is 0 Å². The van der Waals surface area contributed by atoms with E-state index in [9.17, 15) is 30.6 Å². The fraction of sp³-hybridized carbons (Fsp3) is 0.440. The topological polar surface area (TPSA) is 121 Å². The number of halogens is 3. The number of ether oxygens (including phenoxy) is 1. The van der Waals surface area contributed by atoms with Gasteiger partial charge >= 0.3 is 11.6 Å². The number of aromatic nitrogens is 1. The zero-order valence-corrected chi connectivity index (χ0v) is 24.2. The predicted octanol–water partition coefficient (Wildman–Crippen LogP) is 4.31. The van der Waals surface area contributed by atoms with Crippen molar-refractivity contribution in [3.63, 3.8) is 0 Å². The fourth-order valence-electron chi connectivity index (χ4n) is 3.90. The molecule has 1 aromatic heterocycles. The summed E-state index contributed by atoms with van der Waals surface area (Å²) in [4.78, 5) is 17.2. The van der Waals surface area contributed by atoms with Crippen molar-refractivity contribution in [1.82, 2.24) is 9.29 Å². The molecule has 3 rings (SSSR count).